The van der Waals surface area contributed by atoms with Crippen LogP contribution in [0.2, 0.25) is 0 Å². The van der Waals surface area contributed by atoms with Crippen LogP contribution < -0.4 is 5.32 Å². The van der Waals surface area contributed by atoms with Crippen molar-refractivity contribution in [2.75, 3.05) is 18.1 Å². The fourth-order valence-electron chi connectivity index (χ4n) is 2.87. The molecule has 1 rings (SSSR count). The minimum atomic E-state index is -0.717. The van der Waals surface area contributed by atoms with E-state index in [9.17, 15) is 9.59 Å². The zero-order valence-electron chi connectivity index (χ0n) is 13.6. The van der Waals surface area contributed by atoms with Crippen molar-refractivity contribution in [3.8, 4) is 0 Å². The summed E-state index contributed by atoms with van der Waals surface area (Å²) in [4.78, 5) is 27.2. The Kier molecular flexibility index (Phi) is 6.78. The van der Waals surface area contributed by atoms with Gasteiger partial charge in [0.05, 0.1) is 0 Å². The molecule has 1 aliphatic rings. The van der Waals surface area contributed by atoms with Crippen molar-refractivity contribution in [3.63, 3.8) is 0 Å². The topological polar surface area (TPSA) is 49.4 Å². The molecular formula is C16H28N2O2S. The van der Waals surface area contributed by atoms with Crippen LogP contribution in [0.25, 0.3) is 0 Å². The van der Waals surface area contributed by atoms with E-state index < -0.39 is 5.54 Å². The number of hydrogen-bond donors (Lipinski definition) is 1. The zero-order valence-corrected chi connectivity index (χ0v) is 14.5. The summed E-state index contributed by atoms with van der Waals surface area (Å²) in [6, 6.07) is -0.354. The summed E-state index contributed by atoms with van der Waals surface area (Å²) in [6.45, 7) is 12.2. The van der Waals surface area contributed by atoms with Crippen LogP contribution in [-0.2, 0) is 9.59 Å². The number of hydrogen-bond acceptors (Lipinski definition) is 3. The first-order valence-corrected chi connectivity index (χ1v) is 8.90. The molecule has 0 bridgehead atoms. The van der Waals surface area contributed by atoms with Gasteiger partial charge in [0, 0.05) is 18.1 Å². The molecule has 0 saturated carbocycles. The van der Waals surface area contributed by atoms with Crippen LogP contribution in [0.4, 0.5) is 0 Å². The molecule has 21 heavy (non-hydrogen) atoms. The van der Waals surface area contributed by atoms with E-state index in [2.05, 4.69) is 11.9 Å². The molecule has 0 aromatic heterocycles. The molecule has 1 atom stereocenters. The Bertz CT molecular complexity index is 392. The van der Waals surface area contributed by atoms with Crippen LogP contribution in [0.1, 0.15) is 40.5 Å². The highest BCUT2D eigenvalue weighted by Crippen LogP contribution is 2.28. The SMILES string of the molecule is C=CCSCCN1C(=O)C(CC)(CC)NC(=O)C1C(C)C. The smallest absolute Gasteiger partial charge is 0.249 e. The van der Waals surface area contributed by atoms with Crippen LogP contribution in [0, 0.1) is 5.92 Å². The van der Waals surface area contributed by atoms with Gasteiger partial charge in [-0.25, -0.2) is 0 Å². The van der Waals surface area contributed by atoms with E-state index in [-0.39, 0.29) is 23.8 Å². The molecule has 1 unspecified atom stereocenters. The molecule has 0 aliphatic carbocycles. The number of carbonyl (C=O) groups is 2. The molecule has 0 radical (unpaired) electrons. The standard InChI is InChI=1S/C16H28N2O2S/c1-6-10-21-11-9-18-13(12(4)5)14(19)17-16(7-2,8-3)15(18)20/h6,12-13H,1,7-11H2,2-5H3,(H,17,19). The van der Waals surface area contributed by atoms with Crippen LogP contribution in [0.5, 0.6) is 0 Å². The zero-order chi connectivity index (χ0) is 16.0. The molecule has 1 heterocycles. The Morgan fingerprint density at radius 1 is 1.38 bits per heavy atom. The lowest BCUT2D eigenvalue weighted by atomic mass is 9.85. The molecule has 4 nitrogen and oxygen atoms in total. The Balaban J connectivity index is 2.95. The van der Waals surface area contributed by atoms with E-state index in [1.54, 1.807) is 16.7 Å². The highest BCUT2D eigenvalue weighted by Gasteiger charge is 2.49. The molecule has 1 fully saturated rings. The first kappa shape index (κ1) is 18.1. The lowest BCUT2D eigenvalue weighted by Crippen LogP contribution is -2.71. The summed E-state index contributed by atoms with van der Waals surface area (Å²) in [5.41, 5.74) is -0.717. The van der Waals surface area contributed by atoms with Crippen molar-refractivity contribution in [2.45, 2.75) is 52.1 Å². The number of nitrogens with zero attached hydrogens (tertiary/aromatic N) is 1. The van der Waals surface area contributed by atoms with Crippen molar-refractivity contribution >= 4 is 23.6 Å². The summed E-state index contributed by atoms with van der Waals surface area (Å²) >= 11 is 1.74. The van der Waals surface area contributed by atoms with Gasteiger partial charge in [0.1, 0.15) is 11.6 Å². The van der Waals surface area contributed by atoms with Gasteiger partial charge in [-0.05, 0) is 18.8 Å². The summed E-state index contributed by atoms with van der Waals surface area (Å²) < 4.78 is 0. The van der Waals surface area contributed by atoms with Gasteiger partial charge >= 0.3 is 0 Å². The molecule has 1 aliphatic heterocycles. The van der Waals surface area contributed by atoms with Gasteiger partial charge in [-0.15, -0.1) is 6.58 Å². The first-order chi connectivity index (χ1) is 9.93. The number of piperazine rings is 1. The highest BCUT2D eigenvalue weighted by atomic mass is 32.2. The third-order valence-electron chi connectivity index (χ3n) is 4.19. The van der Waals surface area contributed by atoms with Crippen LogP contribution in [0.3, 0.4) is 0 Å². The largest absolute Gasteiger partial charge is 0.340 e. The maximum atomic E-state index is 12.9. The molecule has 5 heteroatoms. The van der Waals surface area contributed by atoms with Gasteiger partial charge in [-0.2, -0.15) is 11.8 Å². The maximum Gasteiger partial charge on any atom is 0.249 e. The number of thioether (sulfide) groups is 1. The van der Waals surface area contributed by atoms with Gasteiger partial charge in [0.15, 0.2) is 0 Å². The summed E-state index contributed by atoms with van der Waals surface area (Å²) in [6.07, 6.45) is 3.13. The molecule has 1 saturated heterocycles. The van der Waals surface area contributed by atoms with E-state index in [0.717, 1.165) is 11.5 Å². The van der Waals surface area contributed by atoms with E-state index >= 15 is 0 Å². The number of carbonyl (C=O) groups excluding carboxylic acids is 2. The Morgan fingerprint density at radius 2 is 2.00 bits per heavy atom. The maximum absolute atomic E-state index is 12.9. The molecule has 120 valence electrons. The van der Waals surface area contributed by atoms with Crippen molar-refractivity contribution < 1.29 is 9.59 Å². The number of nitrogens with one attached hydrogen (secondary N) is 1. The van der Waals surface area contributed by atoms with Crippen molar-refractivity contribution in [2.24, 2.45) is 5.92 Å². The molecular weight excluding hydrogens is 284 g/mol. The summed E-state index contributed by atoms with van der Waals surface area (Å²) in [5.74, 6) is 1.88. The predicted molar refractivity (Wildman–Crippen MR) is 89.3 cm³/mol. The lowest BCUT2D eigenvalue weighted by molar-refractivity contribution is -0.157. The van der Waals surface area contributed by atoms with E-state index in [1.807, 2.05) is 33.8 Å². The number of rotatable bonds is 8. The van der Waals surface area contributed by atoms with Crippen LogP contribution in [-0.4, -0.2) is 46.3 Å². The summed E-state index contributed by atoms with van der Waals surface area (Å²) in [5, 5.41) is 2.99. The van der Waals surface area contributed by atoms with E-state index in [0.29, 0.717) is 19.4 Å². The van der Waals surface area contributed by atoms with Crippen LogP contribution >= 0.6 is 11.8 Å². The third-order valence-corrected chi connectivity index (χ3v) is 5.13. The quantitative estimate of drug-likeness (QED) is 0.553. The molecule has 0 aromatic rings. The third kappa shape index (κ3) is 3.82. The molecule has 0 aromatic carbocycles. The minimum absolute atomic E-state index is 0.0120. The average molecular weight is 312 g/mol. The summed E-state index contributed by atoms with van der Waals surface area (Å²) in [7, 11) is 0. The average Bonchev–Trinajstić information content (AvgIpc) is 2.46. The van der Waals surface area contributed by atoms with Crippen molar-refractivity contribution in [3.05, 3.63) is 12.7 Å². The predicted octanol–water partition coefficient (Wildman–Crippen LogP) is 2.45. The van der Waals surface area contributed by atoms with E-state index in [4.69, 9.17) is 0 Å². The normalized spacial score (nSPS) is 21.6. The first-order valence-electron chi connectivity index (χ1n) is 7.75. The fourth-order valence-corrected chi connectivity index (χ4v) is 3.53. The number of amides is 2. The van der Waals surface area contributed by atoms with Gasteiger partial charge in [-0.1, -0.05) is 33.8 Å². The Labute approximate surface area is 132 Å². The van der Waals surface area contributed by atoms with Gasteiger partial charge in [-0.3, -0.25) is 9.59 Å². The molecule has 1 N–H and O–H groups in total. The van der Waals surface area contributed by atoms with Gasteiger partial charge in [0.2, 0.25) is 11.8 Å². The fraction of sp³-hybridized carbons (Fsp3) is 0.750. The van der Waals surface area contributed by atoms with Crippen LogP contribution in [0.15, 0.2) is 12.7 Å². The minimum Gasteiger partial charge on any atom is -0.340 e. The second-order valence-electron chi connectivity index (χ2n) is 5.83. The molecule has 2 amide bonds. The second kappa shape index (κ2) is 7.87. The van der Waals surface area contributed by atoms with Crippen molar-refractivity contribution in [1.82, 2.24) is 10.2 Å². The van der Waals surface area contributed by atoms with Gasteiger partial charge in [0.25, 0.3) is 0 Å². The second-order valence-corrected chi connectivity index (χ2v) is 6.98. The molecule has 0 spiro atoms. The monoisotopic (exact) mass is 312 g/mol. The van der Waals surface area contributed by atoms with Gasteiger partial charge < -0.3 is 10.2 Å². The Morgan fingerprint density at radius 3 is 2.48 bits per heavy atom. The Hall–Kier alpha value is -0.970. The van der Waals surface area contributed by atoms with E-state index in [1.165, 1.54) is 0 Å². The lowest BCUT2D eigenvalue weighted by Gasteiger charge is -2.46. The van der Waals surface area contributed by atoms with Crippen molar-refractivity contribution in [1.29, 1.82) is 0 Å². The highest BCUT2D eigenvalue weighted by molar-refractivity contribution is 7.99.